The molecule has 9 heteroatoms. The zero-order chi connectivity index (χ0) is 24.3. The molecule has 2 fully saturated rings. The molecule has 2 aromatic rings. The van der Waals surface area contributed by atoms with Gasteiger partial charge in [0.1, 0.15) is 5.82 Å². The van der Waals surface area contributed by atoms with Crippen molar-refractivity contribution >= 4 is 11.8 Å². The van der Waals surface area contributed by atoms with Gasteiger partial charge in [-0.2, -0.15) is 13.2 Å². The average molecular weight is 478 g/mol. The Kier molecular flexibility index (Phi) is 7.21. The summed E-state index contributed by atoms with van der Waals surface area (Å²) in [5.41, 5.74) is -0.495. The highest BCUT2D eigenvalue weighted by molar-refractivity contribution is 5.96. The first-order valence-electron chi connectivity index (χ1n) is 11.4. The van der Waals surface area contributed by atoms with Crippen LogP contribution in [-0.2, 0) is 11.0 Å². The summed E-state index contributed by atoms with van der Waals surface area (Å²) < 4.78 is 52.5. The Morgan fingerprint density at radius 1 is 0.971 bits per heavy atom. The number of hydrogen-bond acceptors (Lipinski definition) is 3. The van der Waals surface area contributed by atoms with E-state index in [4.69, 9.17) is 0 Å². The van der Waals surface area contributed by atoms with Crippen LogP contribution in [0.1, 0.15) is 46.7 Å². The number of nitrogens with zero attached hydrogens (tertiary/aromatic N) is 2. The van der Waals surface area contributed by atoms with Crippen molar-refractivity contribution in [3.05, 3.63) is 71.0 Å². The lowest BCUT2D eigenvalue weighted by Gasteiger charge is -2.36. The first kappa shape index (κ1) is 24.2. The SMILES string of the molecule is O=C(NCC(=O)N1CCC(N2CCC(c3ccccc3)CC2)C1)c1cc(C(F)(F)F)ccc1F. The molecular formula is C25H27F4N3O2. The Bertz CT molecular complexity index is 1020. The van der Waals surface area contributed by atoms with E-state index in [-0.39, 0.29) is 11.9 Å². The molecule has 2 aromatic carbocycles. The minimum absolute atomic E-state index is 0.247. The largest absolute Gasteiger partial charge is 0.416 e. The van der Waals surface area contributed by atoms with Crippen LogP contribution in [0.2, 0.25) is 0 Å². The maximum absolute atomic E-state index is 13.9. The van der Waals surface area contributed by atoms with Crippen LogP contribution in [0.15, 0.2) is 48.5 Å². The minimum atomic E-state index is -4.70. The van der Waals surface area contributed by atoms with Crippen LogP contribution in [0, 0.1) is 5.82 Å². The molecule has 34 heavy (non-hydrogen) atoms. The third-order valence-corrected chi connectivity index (χ3v) is 6.77. The van der Waals surface area contributed by atoms with Crippen LogP contribution < -0.4 is 5.32 Å². The number of halogens is 4. The van der Waals surface area contributed by atoms with Crippen molar-refractivity contribution in [2.45, 2.75) is 37.4 Å². The van der Waals surface area contributed by atoms with Gasteiger partial charge < -0.3 is 10.2 Å². The normalized spacial score (nSPS) is 19.9. The summed E-state index contributed by atoms with van der Waals surface area (Å²) in [7, 11) is 0. The lowest BCUT2D eigenvalue weighted by Crippen LogP contribution is -2.44. The first-order chi connectivity index (χ1) is 16.2. The van der Waals surface area contributed by atoms with E-state index < -0.39 is 35.6 Å². The van der Waals surface area contributed by atoms with Gasteiger partial charge >= 0.3 is 6.18 Å². The average Bonchev–Trinajstić information content (AvgIpc) is 3.33. The van der Waals surface area contributed by atoms with Crippen LogP contribution in [-0.4, -0.2) is 60.4 Å². The van der Waals surface area contributed by atoms with Gasteiger partial charge in [-0.05, 0) is 62.0 Å². The summed E-state index contributed by atoms with van der Waals surface area (Å²) in [6.07, 6.45) is -1.74. The number of rotatable bonds is 5. The summed E-state index contributed by atoms with van der Waals surface area (Å²) >= 11 is 0. The quantitative estimate of drug-likeness (QED) is 0.661. The summed E-state index contributed by atoms with van der Waals surface area (Å²) in [6.45, 7) is 2.62. The molecule has 2 aliphatic rings. The van der Waals surface area contributed by atoms with E-state index in [2.05, 4.69) is 34.5 Å². The van der Waals surface area contributed by atoms with Gasteiger partial charge in [0.25, 0.3) is 5.91 Å². The van der Waals surface area contributed by atoms with E-state index in [0.717, 1.165) is 32.4 Å². The predicted octanol–water partition coefficient (Wildman–Crippen LogP) is 4.05. The molecule has 2 heterocycles. The van der Waals surface area contributed by atoms with E-state index in [1.807, 2.05) is 6.07 Å². The van der Waals surface area contributed by atoms with E-state index in [0.29, 0.717) is 37.2 Å². The molecule has 5 nitrogen and oxygen atoms in total. The van der Waals surface area contributed by atoms with Gasteiger partial charge in [0, 0.05) is 19.1 Å². The van der Waals surface area contributed by atoms with Crippen molar-refractivity contribution < 1.29 is 27.2 Å². The molecule has 182 valence electrons. The molecule has 1 atom stereocenters. The summed E-state index contributed by atoms with van der Waals surface area (Å²) in [6, 6.07) is 12.3. The van der Waals surface area contributed by atoms with Crippen LogP contribution in [0.4, 0.5) is 17.6 Å². The number of nitrogens with one attached hydrogen (secondary N) is 1. The fraction of sp³-hybridized carbons (Fsp3) is 0.440. The van der Waals surface area contributed by atoms with Crippen molar-refractivity contribution in [1.82, 2.24) is 15.1 Å². The van der Waals surface area contributed by atoms with Crippen molar-refractivity contribution in [2.24, 2.45) is 0 Å². The summed E-state index contributed by atoms with van der Waals surface area (Å²) in [5.74, 6) is -1.90. The van der Waals surface area contributed by atoms with E-state index in [9.17, 15) is 27.2 Å². The third kappa shape index (κ3) is 5.58. The number of alkyl halides is 3. The highest BCUT2D eigenvalue weighted by Gasteiger charge is 2.34. The van der Waals surface area contributed by atoms with Crippen molar-refractivity contribution in [2.75, 3.05) is 32.7 Å². The second kappa shape index (κ2) is 10.1. The molecule has 0 spiro atoms. The second-order valence-corrected chi connectivity index (χ2v) is 8.88. The Morgan fingerprint density at radius 3 is 2.35 bits per heavy atom. The molecule has 2 aliphatic heterocycles. The van der Waals surface area contributed by atoms with Gasteiger partial charge in [-0.25, -0.2) is 4.39 Å². The summed E-state index contributed by atoms with van der Waals surface area (Å²) in [5, 5.41) is 2.26. The standard InChI is InChI=1S/C25H27F4N3O2/c26-22-7-6-19(25(27,28)29)14-21(22)24(34)30-15-23(33)32-13-10-20(16-32)31-11-8-18(9-12-31)17-4-2-1-3-5-17/h1-7,14,18,20H,8-13,15-16H2,(H,30,34). The molecule has 1 unspecified atom stereocenters. The number of piperidine rings is 1. The smallest absolute Gasteiger partial charge is 0.343 e. The topological polar surface area (TPSA) is 52.7 Å². The number of carbonyl (C=O) groups excluding carboxylic acids is 2. The Balaban J connectivity index is 1.26. The first-order valence-corrected chi connectivity index (χ1v) is 11.4. The van der Waals surface area contributed by atoms with Crippen LogP contribution in [0.25, 0.3) is 0 Å². The summed E-state index contributed by atoms with van der Waals surface area (Å²) in [4.78, 5) is 28.9. The molecular weight excluding hydrogens is 450 g/mol. The number of benzene rings is 2. The predicted molar refractivity (Wildman–Crippen MR) is 119 cm³/mol. The van der Waals surface area contributed by atoms with Gasteiger partial charge in [0.05, 0.1) is 17.7 Å². The van der Waals surface area contributed by atoms with Gasteiger partial charge in [-0.15, -0.1) is 0 Å². The number of carbonyl (C=O) groups is 2. The van der Waals surface area contributed by atoms with Crippen LogP contribution in [0.5, 0.6) is 0 Å². The van der Waals surface area contributed by atoms with Gasteiger partial charge in [-0.3, -0.25) is 14.5 Å². The molecule has 0 saturated carbocycles. The highest BCUT2D eigenvalue weighted by atomic mass is 19.4. The molecule has 2 amide bonds. The van der Waals surface area contributed by atoms with Crippen molar-refractivity contribution in [3.63, 3.8) is 0 Å². The fourth-order valence-electron chi connectivity index (χ4n) is 4.83. The fourth-order valence-corrected chi connectivity index (χ4v) is 4.83. The Morgan fingerprint density at radius 2 is 1.68 bits per heavy atom. The zero-order valence-electron chi connectivity index (χ0n) is 18.7. The molecule has 0 radical (unpaired) electrons. The van der Waals surface area contributed by atoms with Gasteiger partial charge in [0.15, 0.2) is 0 Å². The Labute approximate surface area is 195 Å². The molecule has 0 aliphatic carbocycles. The van der Waals surface area contributed by atoms with Gasteiger partial charge in [-0.1, -0.05) is 30.3 Å². The van der Waals surface area contributed by atoms with E-state index in [1.54, 1.807) is 4.90 Å². The van der Waals surface area contributed by atoms with Crippen molar-refractivity contribution in [1.29, 1.82) is 0 Å². The number of amides is 2. The number of likely N-dealkylation sites (tertiary alicyclic amines) is 2. The van der Waals surface area contributed by atoms with Crippen LogP contribution >= 0.6 is 0 Å². The highest BCUT2D eigenvalue weighted by Crippen LogP contribution is 2.31. The third-order valence-electron chi connectivity index (χ3n) is 6.77. The molecule has 0 aromatic heterocycles. The molecule has 2 saturated heterocycles. The molecule has 1 N–H and O–H groups in total. The lowest BCUT2D eigenvalue weighted by atomic mass is 9.89. The monoisotopic (exact) mass is 477 g/mol. The zero-order valence-corrected chi connectivity index (χ0v) is 18.7. The van der Waals surface area contributed by atoms with E-state index in [1.165, 1.54) is 5.56 Å². The lowest BCUT2D eigenvalue weighted by molar-refractivity contribution is -0.137. The maximum Gasteiger partial charge on any atom is 0.416 e. The van der Waals surface area contributed by atoms with Crippen molar-refractivity contribution in [3.8, 4) is 0 Å². The molecule has 4 rings (SSSR count). The van der Waals surface area contributed by atoms with E-state index >= 15 is 0 Å². The maximum atomic E-state index is 13.9. The van der Waals surface area contributed by atoms with Crippen LogP contribution in [0.3, 0.4) is 0 Å². The molecule has 0 bridgehead atoms. The van der Waals surface area contributed by atoms with Gasteiger partial charge in [0.2, 0.25) is 5.91 Å². The number of hydrogen-bond donors (Lipinski definition) is 1. The Hall–Kier alpha value is -2.94. The second-order valence-electron chi connectivity index (χ2n) is 8.88. The minimum Gasteiger partial charge on any atom is -0.343 e.